The number of thiophene rings is 1. The average Bonchev–Trinajstić information content (AvgIpc) is 3.22. The van der Waals surface area contributed by atoms with E-state index in [-0.39, 0.29) is 18.5 Å². The highest BCUT2D eigenvalue weighted by Crippen LogP contribution is 2.43. The molecule has 2 fully saturated rings. The van der Waals surface area contributed by atoms with Crippen LogP contribution >= 0.6 is 11.3 Å². The number of hydrogen-bond donors (Lipinski definition) is 0. The Hall–Kier alpha value is -1.36. The Morgan fingerprint density at radius 3 is 2.67 bits per heavy atom. The van der Waals surface area contributed by atoms with Crippen molar-refractivity contribution in [3.8, 4) is 0 Å². The Labute approximate surface area is 129 Å². The fraction of sp³-hybridized carbons (Fsp3) is 0.625. The van der Waals surface area contributed by atoms with E-state index >= 15 is 0 Å². The number of carbonyl (C=O) groups excluding carboxylic acids is 2. The fourth-order valence-corrected chi connectivity index (χ4v) is 3.62. The van der Waals surface area contributed by atoms with Crippen LogP contribution in [0, 0.1) is 5.92 Å². The van der Waals surface area contributed by atoms with E-state index in [1.165, 1.54) is 11.3 Å². The third-order valence-corrected chi connectivity index (χ3v) is 5.27. The summed E-state index contributed by atoms with van der Waals surface area (Å²) in [6, 6.07) is 2.01. The summed E-state index contributed by atoms with van der Waals surface area (Å²) in [6.07, 6.45) is 4.39. The lowest BCUT2D eigenvalue weighted by Gasteiger charge is -2.30. The minimum Gasteiger partial charge on any atom is -0.451 e. The summed E-state index contributed by atoms with van der Waals surface area (Å²) in [4.78, 5) is 26.7. The van der Waals surface area contributed by atoms with Gasteiger partial charge in [0.1, 0.15) is 4.88 Å². The third-order valence-electron chi connectivity index (χ3n) is 4.36. The highest BCUT2D eigenvalue weighted by atomic mass is 32.1. The van der Waals surface area contributed by atoms with E-state index in [9.17, 15) is 9.59 Å². The summed E-state index contributed by atoms with van der Waals surface area (Å²) in [5.74, 6) is 0.798. The first-order valence-corrected chi connectivity index (χ1v) is 8.55. The van der Waals surface area contributed by atoms with Gasteiger partial charge in [0.25, 0.3) is 5.91 Å². The molecule has 0 spiro atoms. The highest BCUT2D eigenvalue weighted by molar-refractivity contribution is 7.12. The molecule has 2 heterocycles. The van der Waals surface area contributed by atoms with Crippen molar-refractivity contribution in [2.45, 2.75) is 38.5 Å². The second-order valence-corrected chi connectivity index (χ2v) is 7.03. The lowest BCUT2D eigenvalue weighted by atomic mass is 9.99. The Bertz CT molecular complexity index is 527. The zero-order valence-electron chi connectivity index (χ0n) is 12.3. The van der Waals surface area contributed by atoms with Crippen LogP contribution in [0.25, 0.3) is 0 Å². The molecule has 1 aromatic heterocycles. The molecule has 2 aliphatic rings. The predicted molar refractivity (Wildman–Crippen MR) is 81.6 cm³/mol. The van der Waals surface area contributed by atoms with Gasteiger partial charge < -0.3 is 9.64 Å². The van der Waals surface area contributed by atoms with E-state index < -0.39 is 0 Å². The van der Waals surface area contributed by atoms with Crippen molar-refractivity contribution in [2.24, 2.45) is 5.92 Å². The Morgan fingerprint density at radius 2 is 2.00 bits per heavy atom. The molecule has 4 nitrogen and oxygen atoms in total. The first kappa shape index (κ1) is 14.6. The van der Waals surface area contributed by atoms with Gasteiger partial charge in [0.05, 0.1) is 0 Å². The van der Waals surface area contributed by atoms with Crippen LogP contribution in [0.1, 0.15) is 53.8 Å². The molecule has 1 aliphatic carbocycles. The van der Waals surface area contributed by atoms with Gasteiger partial charge in [-0.05, 0) is 54.5 Å². The van der Waals surface area contributed by atoms with Crippen molar-refractivity contribution >= 4 is 23.2 Å². The van der Waals surface area contributed by atoms with Crippen molar-refractivity contribution < 1.29 is 14.3 Å². The molecule has 0 radical (unpaired) electrons. The van der Waals surface area contributed by atoms with Gasteiger partial charge in [0.15, 0.2) is 6.61 Å². The quantitative estimate of drug-likeness (QED) is 0.803. The molecule has 1 saturated heterocycles. The summed E-state index contributed by atoms with van der Waals surface area (Å²) >= 11 is 1.41. The molecule has 0 N–H and O–H groups in total. The molecule has 1 aliphatic heterocycles. The summed E-state index contributed by atoms with van der Waals surface area (Å²) in [6.45, 7) is 3.64. The van der Waals surface area contributed by atoms with Crippen LogP contribution in [0.2, 0.25) is 0 Å². The second-order valence-electron chi connectivity index (χ2n) is 6.12. The van der Waals surface area contributed by atoms with Crippen LogP contribution < -0.4 is 0 Å². The van der Waals surface area contributed by atoms with Crippen molar-refractivity contribution in [2.75, 3.05) is 19.7 Å². The molecule has 0 bridgehead atoms. The van der Waals surface area contributed by atoms with E-state index in [1.54, 1.807) is 0 Å². The number of carbonyl (C=O) groups is 2. The molecule has 114 valence electrons. The molecule has 1 saturated carbocycles. The Kier molecular flexibility index (Phi) is 4.29. The lowest BCUT2D eigenvalue weighted by Crippen LogP contribution is -2.40. The van der Waals surface area contributed by atoms with Gasteiger partial charge in [0.2, 0.25) is 0 Å². The molecule has 0 unspecified atom stereocenters. The zero-order valence-corrected chi connectivity index (χ0v) is 13.2. The van der Waals surface area contributed by atoms with Gasteiger partial charge >= 0.3 is 5.97 Å². The molecule has 1 amide bonds. The monoisotopic (exact) mass is 307 g/mol. The summed E-state index contributed by atoms with van der Waals surface area (Å²) in [7, 11) is 0. The van der Waals surface area contributed by atoms with Crippen LogP contribution in [-0.4, -0.2) is 36.5 Å². The Balaban J connectivity index is 1.51. The van der Waals surface area contributed by atoms with E-state index in [1.807, 2.05) is 16.3 Å². The molecular weight excluding hydrogens is 286 g/mol. The normalized spacial score (nSPS) is 19.6. The van der Waals surface area contributed by atoms with Gasteiger partial charge in [-0.25, -0.2) is 4.79 Å². The van der Waals surface area contributed by atoms with Gasteiger partial charge in [0, 0.05) is 13.1 Å². The van der Waals surface area contributed by atoms with Gasteiger partial charge in [-0.15, -0.1) is 11.3 Å². The maximum absolute atomic E-state index is 12.1. The first-order chi connectivity index (χ1) is 10.1. The minimum absolute atomic E-state index is 0.0696. The highest BCUT2D eigenvalue weighted by Gasteiger charge is 2.30. The number of likely N-dealkylation sites (tertiary alicyclic amines) is 1. The van der Waals surface area contributed by atoms with Crippen molar-refractivity contribution in [1.29, 1.82) is 0 Å². The summed E-state index contributed by atoms with van der Waals surface area (Å²) < 4.78 is 5.23. The summed E-state index contributed by atoms with van der Waals surface area (Å²) in [5.41, 5.74) is 1.10. The molecule has 3 rings (SSSR count). The zero-order chi connectivity index (χ0) is 14.8. The average molecular weight is 307 g/mol. The van der Waals surface area contributed by atoms with Crippen molar-refractivity contribution in [3.63, 3.8) is 0 Å². The van der Waals surface area contributed by atoms with Crippen LogP contribution in [0.5, 0.6) is 0 Å². The molecule has 5 heteroatoms. The van der Waals surface area contributed by atoms with Crippen LogP contribution in [-0.2, 0) is 9.53 Å². The third kappa shape index (κ3) is 3.46. The smallest absolute Gasteiger partial charge is 0.349 e. The Morgan fingerprint density at radius 1 is 1.29 bits per heavy atom. The van der Waals surface area contributed by atoms with E-state index in [0.717, 1.165) is 44.3 Å². The summed E-state index contributed by atoms with van der Waals surface area (Å²) in [5, 5.41) is 1.93. The van der Waals surface area contributed by atoms with Gasteiger partial charge in [-0.2, -0.15) is 0 Å². The maximum atomic E-state index is 12.1. The van der Waals surface area contributed by atoms with E-state index in [4.69, 9.17) is 4.74 Å². The van der Waals surface area contributed by atoms with Gasteiger partial charge in [-0.1, -0.05) is 6.92 Å². The largest absolute Gasteiger partial charge is 0.451 e. The number of esters is 1. The lowest BCUT2D eigenvalue weighted by molar-refractivity contribution is -0.135. The molecular formula is C16H21NO3S. The molecule has 0 aromatic carbocycles. The number of ether oxygens (including phenoxy) is 1. The van der Waals surface area contributed by atoms with Crippen LogP contribution in [0.3, 0.4) is 0 Å². The number of piperidine rings is 1. The number of hydrogen-bond acceptors (Lipinski definition) is 4. The first-order valence-electron chi connectivity index (χ1n) is 7.67. The van der Waals surface area contributed by atoms with Crippen LogP contribution in [0.15, 0.2) is 11.4 Å². The van der Waals surface area contributed by atoms with E-state index in [2.05, 4.69) is 6.92 Å². The van der Waals surface area contributed by atoms with Gasteiger partial charge in [-0.3, -0.25) is 4.79 Å². The number of amides is 1. The van der Waals surface area contributed by atoms with Crippen molar-refractivity contribution in [1.82, 2.24) is 4.90 Å². The minimum atomic E-state index is -0.342. The number of rotatable bonds is 4. The standard InChI is InChI=1S/C16H21NO3S/c1-11-4-7-17(8-5-11)14(18)10-20-16(19)15-13(6-9-21-15)12-2-3-12/h6,9,11-12H,2-5,7-8,10H2,1H3. The molecule has 1 aromatic rings. The predicted octanol–water partition coefficient (Wildman–Crippen LogP) is 3.04. The fourth-order valence-electron chi connectivity index (χ4n) is 2.74. The topological polar surface area (TPSA) is 46.6 Å². The van der Waals surface area contributed by atoms with Crippen molar-refractivity contribution in [3.05, 3.63) is 21.9 Å². The molecule has 21 heavy (non-hydrogen) atoms. The van der Waals surface area contributed by atoms with Crippen LogP contribution in [0.4, 0.5) is 0 Å². The SMILES string of the molecule is CC1CCN(C(=O)COC(=O)c2sccc2C2CC2)CC1. The maximum Gasteiger partial charge on any atom is 0.349 e. The molecule has 0 atom stereocenters. The van der Waals surface area contributed by atoms with E-state index in [0.29, 0.717) is 16.7 Å². The second kappa shape index (κ2) is 6.18. The number of nitrogens with zero attached hydrogens (tertiary/aromatic N) is 1.